The first kappa shape index (κ1) is 14.2. The minimum absolute atomic E-state index is 0.195. The summed E-state index contributed by atoms with van der Waals surface area (Å²) in [5.74, 6) is 0.255. The van der Waals surface area contributed by atoms with Gasteiger partial charge < -0.3 is 9.64 Å². The number of rotatable bonds is 1. The summed E-state index contributed by atoms with van der Waals surface area (Å²) in [5, 5.41) is 3.86. The van der Waals surface area contributed by atoms with Crippen LogP contribution in [0.15, 0.2) is 36.4 Å². The number of carbonyl (C=O) groups excluding carboxylic acids is 1. The molecule has 2 saturated heterocycles. The largest absolute Gasteiger partial charge is 0.361 e. The number of hydrogen-bond acceptors (Lipinski definition) is 3. The van der Waals surface area contributed by atoms with E-state index in [1.165, 1.54) is 0 Å². The van der Waals surface area contributed by atoms with Crippen LogP contribution < -0.4 is 5.32 Å². The molecule has 2 bridgehead atoms. The summed E-state index contributed by atoms with van der Waals surface area (Å²) in [6.45, 7) is 1.55. The molecule has 0 aliphatic carbocycles. The number of benzene rings is 1. The van der Waals surface area contributed by atoms with E-state index in [1.54, 1.807) is 24.3 Å². The Balaban J connectivity index is 1.42. The number of thiocarbonyl (C=S) groups is 1. The summed E-state index contributed by atoms with van der Waals surface area (Å²) in [7, 11) is 0. The second-order valence-electron chi connectivity index (χ2n) is 6.05. The van der Waals surface area contributed by atoms with E-state index >= 15 is 0 Å². The molecule has 3 heterocycles. The fourth-order valence-corrected chi connectivity index (χ4v) is 3.91. The monoisotopic (exact) mass is 334 g/mol. The number of halogens is 1. The van der Waals surface area contributed by atoms with Gasteiger partial charge in [-0.15, -0.1) is 0 Å². The quantitative estimate of drug-likeness (QED) is 0.632. The van der Waals surface area contributed by atoms with Crippen molar-refractivity contribution in [1.82, 2.24) is 10.2 Å². The standard InChI is InChI=1S/C16H15ClN2O2S/c17-12-3-1-10(2-4-12)14(20)18-15(22)19-8-11-7-13-5-6-16(11,9-19)21-13/h1-6,11,13H,7-9H2,(H,18,20,22). The van der Waals surface area contributed by atoms with Crippen molar-refractivity contribution in [3.05, 3.63) is 47.0 Å². The zero-order valence-corrected chi connectivity index (χ0v) is 13.4. The van der Waals surface area contributed by atoms with Crippen LogP contribution in [0.4, 0.5) is 0 Å². The van der Waals surface area contributed by atoms with Gasteiger partial charge in [0.2, 0.25) is 0 Å². The third-order valence-corrected chi connectivity index (χ3v) is 5.28. The highest BCUT2D eigenvalue weighted by molar-refractivity contribution is 7.80. The summed E-state index contributed by atoms with van der Waals surface area (Å²) in [5.41, 5.74) is 0.348. The minimum atomic E-state index is -0.211. The van der Waals surface area contributed by atoms with E-state index in [9.17, 15) is 4.79 Å². The van der Waals surface area contributed by atoms with E-state index in [-0.39, 0.29) is 17.6 Å². The maximum Gasteiger partial charge on any atom is 0.257 e. The summed E-state index contributed by atoms with van der Waals surface area (Å²) in [4.78, 5) is 14.2. The lowest BCUT2D eigenvalue weighted by molar-refractivity contribution is 0.0283. The molecule has 4 rings (SSSR count). The third-order valence-electron chi connectivity index (χ3n) is 4.66. The van der Waals surface area contributed by atoms with Crippen molar-refractivity contribution >= 4 is 34.8 Å². The Hall–Kier alpha value is -1.43. The normalized spacial score (nSPS) is 31.4. The van der Waals surface area contributed by atoms with Crippen LogP contribution in [0.3, 0.4) is 0 Å². The molecule has 1 amide bonds. The Morgan fingerprint density at radius 2 is 2.18 bits per heavy atom. The summed E-state index contributed by atoms with van der Waals surface area (Å²) in [6, 6.07) is 6.75. The Morgan fingerprint density at radius 3 is 2.86 bits per heavy atom. The van der Waals surface area contributed by atoms with Crippen molar-refractivity contribution in [2.24, 2.45) is 5.92 Å². The second-order valence-corrected chi connectivity index (χ2v) is 6.87. The van der Waals surface area contributed by atoms with Crippen LogP contribution in [0.5, 0.6) is 0 Å². The molecule has 0 radical (unpaired) electrons. The molecule has 4 nitrogen and oxygen atoms in total. The van der Waals surface area contributed by atoms with Crippen molar-refractivity contribution < 1.29 is 9.53 Å². The Labute approximate surface area is 139 Å². The minimum Gasteiger partial charge on any atom is -0.361 e. The molecule has 0 saturated carbocycles. The smallest absolute Gasteiger partial charge is 0.257 e. The lowest BCUT2D eigenvalue weighted by Gasteiger charge is -2.23. The number of hydrogen-bond donors (Lipinski definition) is 1. The van der Waals surface area contributed by atoms with Gasteiger partial charge in [0.15, 0.2) is 5.11 Å². The molecular weight excluding hydrogens is 320 g/mol. The average molecular weight is 335 g/mol. The van der Waals surface area contributed by atoms with Gasteiger partial charge in [0, 0.05) is 23.0 Å². The van der Waals surface area contributed by atoms with Crippen LogP contribution >= 0.6 is 23.8 Å². The van der Waals surface area contributed by atoms with Crippen molar-refractivity contribution in [1.29, 1.82) is 0 Å². The molecular formula is C16H15ClN2O2S. The molecule has 3 unspecified atom stereocenters. The van der Waals surface area contributed by atoms with Crippen LogP contribution in [0, 0.1) is 5.92 Å². The fraction of sp³-hybridized carbons (Fsp3) is 0.375. The molecule has 22 heavy (non-hydrogen) atoms. The maximum absolute atomic E-state index is 12.2. The van der Waals surface area contributed by atoms with Gasteiger partial charge in [0.05, 0.1) is 12.6 Å². The van der Waals surface area contributed by atoms with Crippen molar-refractivity contribution in [2.45, 2.75) is 18.1 Å². The Morgan fingerprint density at radius 1 is 1.41 bits per heavy atom. The Bertz CT molecular complexity index is 675. The highest BCUT2D eigenvalue weighted by Gasteiger charge is 2.55. The van der Waals surface area contributed by atoms with Gasteiger partial charge in [-0.05, 0) is 42.9 Å². The number of nitrogens with zero attached hydrogens (tertiary/aromatic N) is 1. The second kappa shape index (κ2) is 5.05. The molecule has 2 fully saturated rings. The number of likely N-dealkylation sites (tertiary alicyclic amines) is 1. The molecule has 6 heteroatoms. The van der Waals surface area contributed by atoms with Gasteiger partial charge in [-0.2, -0.15) is 0 Å². The lowest BCUT2D eigenvalue weighted by atomic mass is 9.86. The fourth-order valence-electron chi connectivity index (χ4n) is 3.55. The van der Waals surface area contributed by atoms with E-state index < -0.39 is 0 Å². The summed E-state index contributed by atoms with van der Waals surface area (Å²) < 4.78 is 6.03. The zero-order chi connectivity index (χ0) is 15.3. The molecule has 114 valence electrons. The van der Waals surface area contributed by atoms with Crippen LogP contribution in [0.25, 0.3) is 0 Å². The molecule has 1 aromatic rings. The molecule has 1 aromatic carbocycles. The zero-order valence-electron chi connectivity index (χ0n) is 11.8. The molecule has 1 spiro atoms. The van der Waals surface area contributed by atoms with E-state index in [0.717, 1.165) is 13.0 Å². The molecule has 3 atom stereocenters. The maximum atomic E-state index is 12.2. The summed E-state index contributed by atoms with van der Waals surface area (Å²) in [6.07, 6.45) is 5.61. The van der Waals surface area contributed by atoms with E-state index in [4.69, 9.17) is 28.6 Å². The van der Waals surface area contributed by atoms with E-state index in [0.29, 0.717) is 28.2 Å². The van der Waals surface area contributed by atoms with E-state index in [2.05, 4.69) is 17.5 Å². The van der Waals surface area contributed by atoms with Crippen molar-refractivity contribution in [3.8, 4) is 0 Å². The van der Waals surface area contributed by atoms with Crippen molar-refractivity contribution in [3.63, 3.8) is 0 Å². The van der Waals surface area contributed by atoms with Gasteiger partial charge in [-0.1, -0.05) is 23.8 Å². The highest BCUT2D eigenvalue weighted by Crippen LogP contribution is 2.47. The Kier molecular flexibility index (Phi) is 3.25. The SMILES string of the molecule is O=C(NC(=S)N1CC2CC3C=CC2(C1)O3)c1ccc(Cl)cc1. The predicted octanol–water partition coefficient (Wildman–Crippen LogP) is 2.38. The lowest BCUT2D eigenvalue weighted by Crippen LogP contribution is -2.43. The number of amides is 1. The van der Waals surface area contributed by atoms with Gasteiger partial charge in [-0.3, -0.25) is 10.1 Å². The van der Waals surface area contributed by atoms with Crippen molar-refractivity contribution in [2.75, 3.05) is 13.1 Å². The number of carbonyl (C=O) groups is 1. The summed E-state index contributed by atoms with van der Waals surface area (Å²) >= 11 is 11.2. The first-order valence-electron chi connectivity index (χ1n) is 7.29. The van der Waals surface area contributed by atoms with Gasteiger partial charge in [0.25, 0.3) is 5.91 Å². The molecule has 3 aliphatic rings. The van der Waals surface area contributed by atoms with Gasteiger partial charge >= 0.3 is 0 Å². The van der Waals surface area contributed by atoms with E-state index in [1.807, 2.05) is 4.90 Å². The molecule has 0 aromatic heterocycles. The third kappa shape index (κ3) is 2.24. The predicted molar refractivity (Wildman–Crippen MR) is 87.9 cm³/mol. The number of fused-ring (bicyclic) bond motifs is 1. The number of nitrogens with one attached hydrogen (secondary N) is 1. The van der Waals surface area contributed by atoms with Crippen LogP contribution in [0.2, 0.25) is 5.02 Å². The topological polar surface area (TPSA) is 41.6 Å². The van der Waals surface area contributed by atoms with Crippen LogP contribution in [-0.2, 0) is 4.74 Å². The van der Waals surface area contributed by atoms with Crippen LogP contribution in [-0.4, -0.2) is 40.7 Å². The van der Waals surface area contributed by atoms with Crippen LogP contribution in [0.1, 0.15) is 16.8 Å². The first-order chi connectivity index (χ1) is 10.6. The molecule has 3 aliphatic heterocycles. The number of ether oxygens (including phenoxy) is 1. The highest BCUT2D eigenvalue weighted by atomic mass is 35.5. The first-order valence-corrected chi connectivity index (χ1v) is 8.07. The molecule has 1 N–H and O–H groups in total. The average Bonchev–Trinajstić information content (AvgIpc) is 3.14. The van der Waals surface area contributed by atoms with Gasteiger partial charge in [0.1, 0.15) is 5.60 Å². The van der Waals surface area contributed by atoms with Gasteiger partial charge in [-0.25, -0.2) is 0 Å².